The van der Waals surface area contributed by atoms with Crippen molar-refractivity contribution < 1.29 is 14.7 Å². The first-order chi connectivity index (χ1) is 10.6. The summed E-state index contributed by atoms with van der Waals surface area (Å²) in [5, 5.41) is 12.8. The van der Waals surface area contributed by atoms with Gasteiger partial charge in [0.25, 0.3) is 5.91 Å². The number of benzene rings is 2. The largest absolute Gasteiger partial charge is 0.478 e. The molecule has 0 bridgehead atoms. The van der Waals surface area contributed by atoms with Crippen LogP contribution in [0, 0.1) is 0 Å². The highest BCUT2D eigenvalue weighted by molar-refractivity contribution is 6.34. The van der Waals surface area contributed by atoms with Crippen LogP contribution < -0.4 is 5.32 Å². The van der Waals surface area contributed by atoms with E-state index in [1.807, 2.05) is 24.3 Å². The van der Waals surface area contributed by atoms with Crippen LogP contribution in [0.25, 0.3) is 10.9 Å². The van der Waals surface area contributed by atoms with Gasteiger partial charge in [0.2, 0.25) is 0 Å². The number of amides is 1. The van der Waals surface area contributed by atoms with Crippen LogP contribution in [0.2, 0.25) is 5.02 Å². The standard InChI is InChI=1S/C16H11ClN2O3/c17-11-6-3-5-10(16(21)22)14(11)19-15(20)13-8-9-4-1-2-7-12(9)18-13/h1-8,18H,(H,19,20)(H,21,22). The second-order valence-corrected chi connectivity index (χ2v) is 5.10. The Morgan fingerprint density at radius 1 is 1.09 bits per heavy atom. The molecule has 2 aromatic carbocycles. The monoisotopic (exact) mass is 314 g/mol. The fraction of sp³-hybridized carbons (Fsp3) is 0. The van der Waals surface area contributed by atoms with E-state index in [2.05, 4.69) is 10.3 Å². The zero-order valence-electron chi connectivity index (χ0n) is 11.3. The number of nitrogens with one attached hydrogen (secondary N) is 2. The quantitative estimate of drug-likeness (QED) is 0.688. The molecule has 0 aliphatic carbocycles. The molecule has 0 saturated heterocycles. The lowest BCUT2D eigenvalue weighted by atomic mass is 10.1. The first-order valence-corrected chi connectivity index (χ1v) is 6.85. The summed E-state index contributed by atoms with van der Waals surface area (Å²) in [5.41, 5.74) is 1.18. The van der Waals surface area contributed by atoms with E-state index < -0.39 is 11.9 Å². The minimum absolute atomic E-state index is 0.0584. The van der Waals surface area contributed by atoms with E-state index in [4.69, 9.17) is 11.6 Å². The molecule has 0 spiro atoms. The van der Waals surface area contributed by atoms with E-state index in [0.717, 1.165) is 10.9 Å². The van der Waals surface area contributed by atoms with Gasteiger partial charge in [-0.1, -0.05) is 35.9 Å². The molecular weight excluding hydrogens is 304 g/mol. The number of carbonyl (C=O) groups excluding carboxylic acids is 1. The normalized spacial score (nSPS) is 10.6. The molecule has 5 nitrogen and oxygen atoms in total. The molecule has 110 valence electrons. The molecule has 3 aromatic rings. The summed E-state index contributed by atoms with van der Waals surface area (Å²) in [4.78, 5) is 26.5. The van der Waals surface area contributed by atoms with Crippen LogP contribution >= 0.6 is 11.6 Å². The van der Waals surface area contributed by atoms with Crippen molar-refractivity contribution in [2.45, 2.75) is 0 Å². The van der Waals surface area contributed by atoms with Crippen molar-refractivity contribution in [2.24, 2.45) is 0 Å². The number of H-pyrrole nitrogens is 1. The molecule has 0 atom stereocenters. The molecule has 1 amide bonds. The van der Waals surface area contributed by atoms with E-state index in [1.165, 1.54) is 18.2 Å². The number of fused-ring (bicyclic) bond motifs is 1. The van der Waals surface area contributed by atoms with Crippen molar-refractivity contribution in [1.82, 2.24) is 4.98 Å². The third-order valence-electron chi connectivity index (χ3n) is 3.26. The van der Waals surface area contributed by atoms with Gasteiger partial charge in [-0.25, -0.2) is 4.79 Å². The fourth-order valence-corrected chi connectivity index (χ4v) is 2.43. The molecular formula is C16H11ClN2O3. The maximum absolute atomic E-state index is 12.3. The van der Waals surface area contributed by atoms with E-state index >= 15 is 0 Å². The maximum atomic E-state index is 12.3. The van der Waals surface area contributed by atoms with Gasteiger partial charge in [0.1, 0.15) is 5.69 Å². The number of aromatic carboxylic acids is 1. The third-order valence-corrected chi connectivity index (χ3v) is 3.57. The minimum atomic E-state index is -1.16. The summed E-state index contributed by atoms with van der Waals surface area (Å²) in [6.07, 6.45) is 0. The molecule has 0 unspecified atom stereocenters. The summed E-state index contributed by atoms with van der Waals surface area (Å²) >= 11 is 6.00. The van der Waals surface area contributed by atoms with Crippen molar-refractivity contribution in [3.8, 4) is 0 Å². The molecule has 0 fully saturated rings. The Hall–Kier alpha value is -2.79. The second-order valence-electron chi connectivity index (χ2n) is 4.69. The Labute approximate surface area is 130 Å². The molecule has 0 aliphatic rings. The van der Waals surface area contributed by atoms with E-state index in [-0.39, 0.29) is 16.3 Å². The van der Waals surface area contributed by atoms with Crippen molar-refractivity contribution in [1.29, 1.82) is 0 Å². The third kappa shape index (κ3) is 2.54. The molecule has 3 rings (SSSR count). The predicted octanol–water partition coefficient (Wildman–Crippen LogP) is 3.77. The molecule has 1 aromatic heterocycles. The highest BCUT2D eigenvalue weighted by Gasteiger charge is 2.17. The number of rotatable bonds is 3. The Balaban J connectivity index is 1.96. The predicted molar refractivity (Wildman–Crippen MR) is 84.7 cm³/mol. The molecule has 0 saturated carbocycles. The van der Waals surface area contributed by atoms with Crippen LogP contribution in [0.4, 0.5) is 5.69 Å². The number of aromatic nitrogens is 1. The van der Waals surface area contributed by atoms with Crippen LogP contribution in [0.1, 0.15) is 20.8 Å². The first-order valence-electron chi connectivity index (χ1n) is 6.47. The van der Waals surface area contributed by atoms with Gasteiger partial charge in [-0.3, -0.25) is 4.79 Å². The molecule has 0 radical (unpaired) electrons. The van der Waals surface area contributed by atoms with Crippen LogP contribution in [0.3, 0.4) is 0 Å². The van der Waals surface area contributed by atoms with Crippen LogP contribution in [0.5, 0.6) is 0 Å². The average molecular weight is 315 g/mol. The topological polar surface area (TPSA) is 82.2 Å². The lowest BCUT2D eigenvalue weighted by Crippen LogP contribution is -2.15. The smallest absolute Gasteiger partial charge is 0.337 e. The van der Waals surface area contributed by atoms with Gasteiger partial charge in [-0.15, -0.1) is 0 Å². The van der Waals surface area contributed by atoms with Gasteiger partial charge in [-0.05, 0) is 24.3 Å². The van der Waals surface area contributed by atoms with Gasteiger partial charge in [-0.2, -0.15) is 0 Å². The first kappa shape index (κ1) is 14.2. The zero-order valence-corrected chi connectivity index (χ0v) is 12.0. The van der Waals surface area contributed by atoms with Crippen molar-refractivity contribution in [3.05, 3.63) is 64.8 Å². The lowest BCUT2D eigenvalue weighted by Gasteiger charge is -2.09. The average Bonchev–Trinajstić information content (AvgIpc) is 2.93. The second kappa shape index (κ2) is 5.54. The van der Waals surface area contributed by atoms with E-state index in [1.54, 1.807) is 6.07 Å². The number of carboxylic acid groups (broad SMARTS) is 1. The Kier molecular flexibility index (Phi) is 3.56. The minimum Gasteiger partial charge on any atom is -0.478 e. The Morgan fingerprint density at radius 3 is 2.59 bits per heavy atom. The lowest BCUT2D eigenvalue weighted by molar-refractivity contribution is 0.0698. The van der Waals surface area contributed by atoms with Crippen LogP contribution in [-0.4, -0.2) is 22.0 Å². The van der Waals surface area contributed by atoms with Crippen LogP contribution in [0.15, 0.2) is 48.5 Å². The summed E-state index contributed by atoms with van der Waals surface area (Å²) in [6, 6.07) is 13.6. The summed E-state index contributed by atoms with van der Waals surface area (Å²) in [5.74, 6) is -1.61. The number of hydrogen-bond donors (Lipinski definition) is 3. The molecule has 1 heterocycles. The van der Waals surface area contributed by atoms with E-state index in [0.29, 0.717) is 5.69 Å². The number of anilines is 1. The van der Waals surface area contributed by atoms with Gasteiger partial charge in [0, 0.05) is 10.9 Å². The maximum Gasteiger partial charge on any atom is 0.337 e. The highest BCUT2D eigenvalue weighted by atomic mass is 35.5. The molecule has 3 N–H and O–H groups in total. The van der Waals surface area contributed by atoms with E-state index in [9.17, 15) is 14.7 Å². The summed E-state index contributed by atoms with van der Waals surface area (Å²) in [6.45, 7) is 0. The summed E-state index contributed by atoms with van der Waals surface area (Å²) < 4.78 is 0. The number of carbonyl (C=O) groups is 2. The number of aromatic amines is 1. The van der Waals surface area contributed by atoms with Gasteiger partial charge < -0.3 is 15.4 Å². The Morgan fingerprint density at radius 2 is 1.86 bits per heavy atom. The van der Waals surface area contributed by atoms with Crippen LogP contribution in [-0.2, 0) is 0 Å². The van der Waals surface area contributed by atoms with Crippen molar-refractivity contribution in [3.63, 3.8) is 0 Å². The molecule has 22 heavy (non-hydrogen) atoms. The van der Waals surface area contributed by atoms with Gasteiger partial charge >= 0.3 is 5.97 Å². The summed E-state index contributed by atoms with van der Waals surface area (Å²) in [7, 11) is 0. The number of para-hydroxylation sites is 2. The molecule has 0 aliphatic heterocycles. The zero-order chi connectivity index (χ0) is 15.7. The fourth-order valence-electron chi connectivity index (χ4n) is 2.21. The Bertz CT molecular complexity index is 853. The number of carboxylic acids is 1. The molecule has 6 heteroatoms. The van der Waals surface area contributed by atoms with Gasteiger partial charge in [0.05, 0.1) is 16.3 Å². The highest BCUT2D eigenvalue weighted by Crippen LogP contribution is 2.27. The van der Waals surface area contributed by atoms with Crippen molar-refractivity contribution in [2.75, 3.05) is 5.32 Å². The van der Waals surface area contributed by atoms with Crippen molar-refractivity contribution >= 4 is 40.1 Å². The number of halogens is 1. The SMILES string of the molecule is O=C(Nc1c(Cl)cccc1C(=O)O)c1cc2ccccc2[nH]1. The van der Waals surface area contributed by atoms with Gasteiger partial charge in [0.15, 0.2) is 0 Å². The number of hydrogen-bond acceptors (Lipinski definition) is 2.